The standard InChI is InChI=1S/C14H23NO6/c1-14(2,3)21-13(20)15-6-4-9(5-7-15)8-10(11(16)17)12(18)19/h9-10H,4-8H2,1-3H3,(H,16,17)(H,18,19). The molecule has 1 aliphatic heterocycles. The predicted octanol–water partition coefficient (Wildman–Crippen LogP) is 1.81. The molecule has 7 nitrogen and oxygen atoms in total. The van der Waals surface area contributed by atoms with E-state index in [0.717, 1.165) is 0 Å². The van der Waals surface area contributed by atoms with E-state index in [2.05, 4.69) is 0 Å². The maximum Gasteiger partial charge on any atom is 0.410 e. The van der Waals surface area contributed by atoms with Gasteiger partial charge < -0.3 is 19.8 Å². The SMILES string of the molecule is CC(C)(C)OC(=O)N1CCC(CC(C(=O)O)C(=O)O)CC1. The van der Waals surface area contributed by atoms with Crippen molar-refractivity contribution in [1.82, 2.24) is 4.90 Å². The van der Waals surface area contributed by atoms with Crippen molar-refractivity contribution in [2.45, 2.75) is 45.6 Å². The highest BCUT2D eigenvalue weighted by atomic mass is 16.6. The van der Waals surface area contributed by atoms with Gasteiger partial charge in [0.25, 0.3) is 0 Å². The minimum Gasteiger partial charge on any atom is -0.481 e. The minimum absolute atomic E-state index is 0.000821. The van der Waals surface area contributed by atoms with Crippen LogP contribution in [0.4, 0.5) is 4.79 Å². The summed E-state index contributed by atoms with van der Waals surface area (Å²) in [6.07, 6.45) is 0.911. The molecule has 0 aromatic carbocycles. The number of ether oxygens (including phenoxy) is 1. The van der Waals surface area contributed by atoms with Gasteiger partial charge in [-0.15, -0.1) is 0 Å². The van der Waals surface area contributed by atoms with E-state index in [1.165, 1.54) is 0 Å². The van der Waals surface area contributed by atoms with E-state index in [4.69, 9.17) is 14.9 Å². The molecule has 0 aromatic heterocycles. The number of carboxylic acid groups (broad SMARTS) is 2. The molecule has 1 aliphatic rings. The number of amides is 1. The van der Waals surface area contributed by atoms with Crippen molar-refractivity contribution in [2.75, 3.05) is 13.1 Å². The quantitative estimate of drug-likeness (QED) is 0.767. The molecule has 0 aliphatic carbocycles. The molecule has 1 heterocycles. The van der Waals surface area contributed by atoms with Crippen LogP contribution in [-0.4, -0.2) is 51.8 Å². The normalized spacial score (nSPS) is 16.9. The first kappa shape index (κ1) is 17.3. The molecule has 0 bridgehead atoms. The fourth-order valence-electron chi connectivity index (χ4n) is 2.32. The number of hydrogen-bond donors (Lipinski definition) is 2. The first-order chi connectivity index (χ1) is 9.60. The number of rotatable bonds is 4. The summed E-state index contributed by atoms with van der Waals surface area (Å²) in [4.78, 5) is 35.2. The Morgan fingerprint density at radius 2 is 1.62 bits per heavy atom. The van der Waals surface area contributed by atoms with Crippen molar-refractivity contribution in [2.24, 2.45) is 11.8 Å². The number of carbonyl (C=O) groups excluding carboxylic acids is 1. The molecular weight excluding hydrogens is 278 g/mol. The number of nitrogens with zero attached hydrogens (tertiary/aromatic N) is 1. The van der Waals surface area contributed by atoms with Crippen molar-refractivity contribution in [3.05, 3.63) is 0 Å². The van der Waals surface area contributed by atoms with Crippen molar-refractivity contribution in [1.29, 1.82) is 0 Å². The first-order valence-corrected chi connectivity index (χ1v) is 7.03. The monoisotopic (exact) mass is 301 g/mol. The van der Waals surface area contributed by atoms with Crippen molar-refractivity contribution in [3.8, 4) is 0 Å². The second-order valence-electron chi connectivity index (χ2n) is 6.38. The zero-order chi connectivity index (χ0) is 16.2. The topological polar surface area (TPSA) is 104 Å². The third-order valence-corrected chi connectivity index (χ3v) is 3.43. The highest BCUT2D eigenvalue weighted by molar-refractivity contribution is 5.92. The molecule has 0 saturated carbocycles. The number of carboxylic acids is 2. The van der Waals surface area contributed by atoms with Gasteiger partial charge in [0.1, 0.15) is 5.60 Å². The Morgan fingerprint density at radius 3 is 2.00 bits per heavy atom. The van der Waals surface area contributed by atoms with E-state index >= 15 is 0 Å². The molecular formula is C14H23NO6. The Kier molecular flexibility index (Phi) is 5.57. The molecule has 0 atom stereocenters. The van der Waals surface area contributed by atoms with E-state index in [1.807, 2.05) is 0 Å². The van der Waals surface area contributed by atoms with Crippen molar-refractivity contribution in [3.63, 3.8) is 0 Å². The van der Waals surface area contributed by atoms with Crippen LogP contribution in [0.2, 0.25) is 0 Å². The largest absolute Gasteiger partial charge is 0.481 e. The summed E-state index contributed by atoms with van der Waals surface area (Å²) in [5.41, 5.74) is -0.550. The number of carbonyl (C=O) groups is 3. The van der Waals surface area contributed by atoms with Gasteiger partial charge in [0, 0.05) is 13.1 Å². The second kappa shape index (κ2) is 6.78. The summed E-state index contributed by atoms with van der Waals surface area (Å²) in [5.74, 6) is -3.99. The first-order valence-electron chi connectivity index (χ1n) is 7.03. The van der Waals surface area contributed by atoms with Crippen molar-refractivity contribution < 1.29 is 29.3 Å². The van der Waals surface area contributed by atoms with Gasteiger partial charge in [-0.1, -0.05) is 0 Å². The number of hydrogen-bond acceptors (Lipinski definition) is 4. The highest BCUT2D eigenvalue weighted by Gasteiger charge is 2.32. The smallest absolute Gasteiger partial charge is 0.410 e. The molecule has 120 valence electrons. The summed E-state index contributed by atoms with van der Waals surface area (Å²) in [7, 11) is 0. The summed E-state index contributed by atoms with van der Waals surface area (Å²) in [5, 5.41) is 17.8. The summed E-state index contributed by atoms with van der Waals surface area (Å²) < 4.78 is 5.27. The number of piperidine rings is 1. The van der Waals surface area contributed by atoms with Gasteiger partial charge in [-0.2, -0.15) is 0 Å². The lowest BCUT2D eigenvalue weighted by atomic mass is 9.87. The van der Waals surface area contributed by atoms with Crippen LogP contribution in [0.1, 0.15) is 40.0 Å². The van der Waals surface area contributed by atoms with Gasteiger partial charge in [0.2, 0.25) is 0 Å². The minimum atomic E-state index is -1.37. The van der Waals surface area contributed by atoms with Crippen LogP contribution in [0.3, 0.4) is 0 Å². The Balaban J connectivity index is 2.47. The van der Waals surface area contributed by atoms with E-state index < -0.39 is 23.5 Å². The average Bonchev–Trinajstić information content (AvgIpc) is 2.33. The lowest BCUT2D eigenvalue weighted by Gasteiger charge is -2.33. The lowest BCUT2D eigenvalue weighted by Crippen LogP contribution is -2.42. The highest BCUT2D eigenvalue weighted by Crippen LogP contribution is 2.25. The molecule has 2 N–H and O–H groups in total. The second-order valence-corrected chi connectivity index (χ2v) is 6.38. The van der Waals surface area contributed by atoms with Gasteiger partial charge in [-0.3, -0.25) is 9.59 Å². The van der Waals surface area contributed by atoms with Gasteiger partial charge in [-0.25, -0.2) is 4.79 Å². The average molecular weight is 301 g/mol. The predicted molar refractivity (Wildman–Crippen MR) is 73.9 cm³/mol. The van der Waals surface area contributed by atoms with E-state index in [9.17, 15) is 14.4 Å². The molecule has 1 fully saturated rings. The molecule has 0 unspecified atom stereocenters. The van der Waals surface area contributed by atoms with Crippen LogP contribution >= 0.6 is 0 Å². The van der Waals surface area contributed by atoms with Gasteiger partial charge in [0.15, 0.2) is 5.92 Å². The Bertz CT molecular complexity index is 392. The van der Waals surface area contributed by atoms with Gasteiger partial charge in [-0.05, 0) is 46.0 Å². The fraction of sp³-hybridized carbons (Fsp3) is 0.786. The summed E-state index contributed by atoms with van der Waals surface area (Å²) >= 11 is 0. The van der Waals surface area contributed by atoms with Gasteiger partial charge in [0.05, 0.1) is 0 Å². The fourth-order valence-corrected chi connectivity index (χ4v) is 2.32. The number of aliphatic carboxylic acids is 2. The number of likely N-dealkylation sites (tertiary alicyclic amines) is 1. The third-order valence-electron chi connectivity index (χ3n) is 3.43. The van der Waals surface area contributed by atoms with Gasteiger partial charge >= 0.3 is 18.0 Å². The maximum absolute atomic E-state index is 11.9. The van der Waals surface area contributed by atoms with Crippen LogP contribution in [0.5, 0.6) is 0 Å². The Hall–Kier alpha value is -1.79. The maximum atomic E-state index is 11.9. The molecule has 0 aromatic rings. The summed E-state index contributed by atoms with van der Waals surface area (Å²) in [6.45, 7) is 6.31. The van der Waals surface area contributed by atoms with Crippen LogP contribution in [0.25, 0.3) is 0 Å². The van der Waals surface area contributed by atoms with E-state index in [1.54, 1.807) is 25.7 Å². The van der Waals surface area contributed by atoms with Crippen LogP contribution in [0.15, 0.2) is 0 Å². The Labute approximate surface area is 123 Å². The molecule has 21 heavy (non-hydrogen) atoms. The van der Waals surface area contributed by atoms with Crippen LogP contribution < -0.4 is 0 Å². The molecule has 0 radical (unpaired) electrons. The van der Waals surface area contributed by atoms with Crippen molar-refractivity contribution >= 4 is 18.0 Å². The Morgan fingerprint density at radius 1 is 1.14 bits per heavy atom. The zero-order valence-electron chi connectivity index (χ0n) is 12.7. The van der Waals surface area contributed by atoms with Crippen LogP contribution in [-0.2, 0) is 14.3 Å². The molecule has 1 amide bonds. The zero-order valence-corrected chi connectivity index (χ0v) is 12.7. The summed E-state index contributed by atoms with van der Waals surface area (Å²) in [6, 6.07) is 0. The lowest BCUT2D eigenvalue weighted by molar-refractivity contribution is -0.155. The third kappa shape index (κ3) is 5.61. The van der Waals surface area contributed by atoms with E-state index in [0.29, 0.717) is 25.9 Å². The molecule has 1 saturated heterocycles. The molecule has 7 heteroatoms. The van der Waals surface area contributed by atoms with E-state index in [-0.39, 0.29) is 18.4 Å². The molecule has 1 rings (SSSR count). The van der Waals surface area contributed by atoms with Crippen LogP contribution in [0, 0.1) is 11.8 Å². The molecule has 0 spiro atoms.